The zero-order valence-corrected chi connectivity index (χ0v) is 13.3. The van der Waals surface area contributed by atoms with E-state index in [0.29, 0.717) is 0 Å². The van der Waals surface area contributed by atoms with Crippen molar-refractivity contribution in [3.63, 3.8) is 0 Å². The summed E-state index contributed by atoms with van der Waals surface area (Å²) in [6, 6.07) is 8.82. The smallest absolute Gasteiger partial charge is 0.0274 e. The highest BCUT2D eigenvalue weighted by Gasteiger charge is 2.04. The first-order chi connectivity index (χ1) is 9.24. The van der Waals surface area contributed by atoms with Crippen molar-refractivity contribution in [3.05, 3.63) is 35.4 Å². The minimum Gasteiger partial charge on any atom is -0.0654 e. The van der Waals surface area contributed by atoms with Crippen LogP contribution in [-0.4, -0.2) is 0 Å². The third-order valence-corrected chi connectivity index (χ3v) is 4.22. The minimum atomic E-state index is 0.880. The maximum Gasteiger partial charge on any atom is -0.0274 e. The van der Waals surface area contributed by atoms with E-state index in [4.69, 9.17) is 0 Å². The van der Waals surface area contributed by atoms with Gasteiger partial charge in [-0.3, -0.25) is 0 Å². The largest absolute Gasteiger partial charge is 0.0654 e. The second kappa shape index (κ2) is 10.1. The molecule has 1 atom stereocenters. The van der Waals surface area contributed by atoms with E-state index in [-0.39, 0.29) is 0 Å². The summed E-state index contributed by atoms with van der Waals surface area (Å²) in [5.41, 5.74) is 2.99. The lowest BCUT2D eigenvalue weighted by molar-refractivity contribution is 0.456. The van der Waals surface area contributed by atoms with Crippen LogP contribution in [0, 0.1) is 12.8 Å². The van der Waals surface area contributed by atoms with Crippen LogP contribution >= 0.6 is 0 Å². The van der Waals surface area contributed by atoms with Crippen LogP contribution in [0.3, 0.4) is 0 Å². The fourth-order valence-electron chi connectivity index (χ4n) is 2.71. The van der Waals surface area contributed by atoms with Crippen molar-refractivity contribution >= 4 is 0 Å². The van der Waals surface area contributed by atoms with Crippen LogP contribution in [0.4, 0.5) is 0 Å². The summed E-state index contributed by atoms with van der Waals surface area (Å²) in [4.78, 5) is 0. The maximum absolute atomic E-state index is 2.42. The Kier molecular flexibility index (Phi) is 8.62. The second-order valence-electron chi connectivity index (χ2n) is 6.13. The third-order valence-electron chi connectivity index (χ3n) is 4.22. The second-order valence-corrected chi connectivity index (χ2v) is 6.13. The summed E-state index contributed by atoms with van der Waals surface area (Å²) in [6.07, 6.45) is 12.5. The number of rotatable bonds is 10. The standard InChI is InChI=1S/C19H32/c1-4-5-6-7-8-9-12-17(2)15-16-19-14-11-10-13-18(19)3/h10-11,13-14,17H,4-9,12,15-16H2,1-3H3. The van der Waals surface area contributed by atoms with E-state index in [1.165, 1.54) is 68.9 Å². The monoisotopic (exact) mass is 260 g/mol. The lowest BCUT2D eigenvalue weighted by atomic mass is 9.94. The Morgan fingerprint density at radius 1 is 0.895 bits per heavy atom. The topological polar surface area (TPSA) is 0 Å². The molecular weight excluding hydrogens is 228 g/mol. The number of unbranched alkanes of at least 4 members (excludes halogenated alkanes) is 5. The molecule has 0 nitrogen and oxygen atoms in total. The highest BCUT2D eigenvalue weighted by molar-refractivity contribution is 5.25. The van der Waals surface area contributed by atoms with Gasteiger partial charge in [-0.25, -0.2) is 0 Å². The number of hydrogen-bond acceptors (Lipinski definition) is 0. The fraction of sp³-hybridized carbons (Fsp3) is 0.684. The summed E-state index contributed by atoms with van der Waals surface area (Å²) < 4.78 is 0. The van der Waals surface area contributed by atoms with E-state index < -0.39 is 0 Å². The summed E-state index contributed by atoms with van der Waals surface area (Å²) in [5, 5.41) is 0. The fourth-order valence-corrected chi connectivity index (χ4v) is 2.71. The quantitative estimate of drug-likeness (QED) is 0.432. The van der Waals surface area contributed by atoms with Gasteiger partial charge in [0.15, 0.2) is 0 Å². The van der Waals surface area contributed by atoms with Gasteiger partial charge in [0.25, 0.3) is 0 Å². The molecule has 108 valence electrons. The molecule has 0 aliphatic rings. The summed E-state index contributed by atoms with van der Waals surface area (Å²) in [7, 11) is 0. The average molecular weight is 260 g/mol. The molecule has 0 bridgehead atoms. The lowest BCUT2D eigenvalue weighted by Gasteiger charge is -2.12. The van der Waals surface area contributed by atoms with Crippen LogP contribution in [0.15, 0.2) is 24.3 Å². The predicted molar refractivity (Wildman–Crippen MR) is 86.7 cm³/mol. The van der Waals surface area contributed by atoms with Crippen LogP contribution in [0.2, 0.25) is 0 Å². The number of hydrogen-bond donors (Lipinski definition) is 0. The molecule has 0 amide bonds. The average Bonchev–Trinajstić information content (AvgIpc) is 2.42. The molecule has 0 fully saturated rings. The first kappa shape index (κ1) is 16.3. The van der Waals surface area contributed by atoms with Crippen LogP contribution in [0.1, 0.15) is 76.3 Å². The van der Waals surface area contributed by atoms with Crippen LogP contribution in [0.5, 0.6) is 0 Å². The van der Waals surface area contributed by atoms with Gasteiger partial charge in [-0.2, -0.15) is 0 Å². The Morgan fingerprint density at radius 2 is 1.58 bits per heavy atom. The van der Waals surface area contributed by atoms with Gasteiger partial charge in [0.05, 0.1) is 0 Å². The van der Waals surface area contributed by atoms with Crippen LogP contribution in [0.25, 0.3) is 0 Å². The van der Waals surface area contributed by atoms with Crippen molar-refractivity contribution in [1.29, 1.82) is 0 Å². The predicted octanol–water partition coefficient (Wildman–Crippen LogP) is 6.31. The van der Waals surface area contributed by atoms with E-state index in [1.54, 1.807) is 0 Å². The number of aryl methyl sites for hydroxylation is 2. The van der Waals surface area contributed by atoms with E-state index in [9.17, 15) is 0 Å². The minimum absolute atomic E-state index is 0.880. The summed E-state index contributed by atoms with van der Waals surface area (Å²) in [6.45, 7) is 6.94. The third kappa shape index (κ3) is 7.40. The Morgan fingerprint density at radius 3 is 2.32 bits per heavy atom. The van der Waals surface area contributed by atoms with Gasteiger partial charge in [-0.05, 0) is 36.8 Å². The van der Waals surface area contributed by atoms with Gasteiger partial charge < -0.3 is 0 Å². The molecule has 0 spiro atoms. The van der Waals surface area contributed by atoms with Crippen molar-refractivity contribution in [2.45, 2.75) is 78.6 Å². The van der Waals surface area contributed by atoms with E-state index in [0.717, 1.165) is 5.92 Å². The Labute approximate surface area is 120 Å². The van der Waals surface area contributed by atoms with Crippen LogP contribution in [-0.2, 0) is 6.42 Å². The maximum atomic E-state index is 2.42. The molecule has 0 aromatic heterocycles. The molecule has 0 aliphatic heterocycles. The zero-order valence-electron chi connectivity index (χ0n) is 13.3. The lowest BCUT2D eigenvalue weighted by Crippen LogP contribution is -1.99. The molecule has 1 unspecified atom stereocenters. The Bertz CT molecular complexity index is 327. The SMILES string of the molecule is CCCCCCCCC(C)CCc1ccccc1C. The van der Waals surface area contributed by atoms with Crippen molar-refractivity contribution in [3.8, 4) is 0 Å². The molecule has 1 rings (SSSR count). The number of benzene rings is 1. The molecule has 0 saturated heterocycles. The molecular formula is C19H32. The van der Waals surface area contributed by atoms with Gasteiger partial charge >= 0.3 is 0 Å². The molecule has 0 aliphatic carbocycles. The van der Waals surface area contributed by atoms with E-state index in [2.05, 4.69) is 45.0 Å². The Balaban J connectivity index is 2.08. The Hall–Kier alpha value is -0.780. The summed E-state index contributed by atoms with van der Waals surface area (Å²) >= 11 is 0. The normalized spacial score (nSPS) is 12.6. The highest BCUT2D eigenvalue weighted by atomic mass is 14.1. The molecule has 0 heteroatoms. The highest BCUT2D eigenvalue weighted by Crippen LogP contribution is 2.18. The van der Waals surface area contributed by atoms with Gasteiger partial charge in [-0.15, -0.1) is 0 Å². The summed E-state index contributed by atoms with van der Waals surface area (Å²) in [5.74, 6) is 0.880. The molecule has 0 saturated carbocycles. The molecule has 0 radical (unpaired) electrons. The van der Waals surface area contributed by atoms with Crippen molar-refractivity contribution in [2.24, 2.45) is 5.92 Å². The van der Waals surface area contributed by atoms with Crippen molar-refractivity contribution in [1.82, 2.24) is 0 Å². The molecule has 1 aromatic rings. The van der Waals surface area contributed by atoms with Gasteiger partial charge in [0.1, 0.15) is 0 Å². The molecule has 0 N–H and O–H groups in total. The molecule has 19 heavy (non-hydrogen) atoms. The molecule has 1 aromatic carbocycles. The van der Waals surface area contributed by atoms with Gasteiger partial charge in [0, 0.05) is 0 Å². The van der Waals surface area contributed by atoms with Gasteiger partial charge in [-0.1, -0.05) is 83.1 Å². The van der Waals surface area contributed by atoms with Crippen LogP contribution < -0.4 is 0 Å². The van der Waals surface area contributed by atoms with E-state index >= 15 is 0 Å². The van der Waals surface area contributed by atoms with Crippen molar-refractivity contribution in [2.75, 3.05) is 0 Å². The first-order valence-electron chi connectivity index (χ1n) is 8.28. The van der Waals surface area contributed by atoms with Gasteiger partial charge in [0.2, 0.25) is 0 Å². The molecule has 0 heterocycles. The van der Waals surface area contributed by atoms with Crippen molar-refractivity contribution < 1.29 is 0 Å². The van der Waals surface area contributed by atoms with E-state index in [1.807, 2.05) is 0 Å². The first-order valence-corrected chi connectivity index (χ1v) is 8.28. The zero-order chi connectivity index (χ0) is 13.9.